The Morgan fingerprint density at radius 2 is 1.89 bits per heavy atom. The third-order valence-corrected chi connectivity index (χ3v) is 3.94. The first-order chi connectivity index (χ1) is 8.47. The lowest BCUT2D eigenvalue weighted by Crippen LogP contribution is -2.51. The minimum absolute atomic E-state index is 0.00694. The summed E-state index contributed by atoms with van der Waals surface area (Å²) in [4.78, 5) is 22.9. The lowest BCUT2D eigenvalue weighted by atomic mass is 9.79. The highest BCUT2D eigenvalue weighted by Gasteiger charge is 2.35. The smallest absolute Gasteiger partial charge is 0.305 e. The van der Waals surface area contributed by atoms with Crippen LogP contribution >= 0.6 is 0 Å². The Labute approximate surface area is 109 Å². The Bertz CT molecular complexity index is 295. The Kier molecular flexibility index (Phi) is 5.63. The van der Waals surface area contributed by atoms with E-state index in [0.29, 0.717) is 12.3 Å². The second-order valence-corrected chi connectivity index (χ2v) is 5.68. The Hall–Kier alpha value is -1.06. The monoisotopic (exact) mass is 255 g/mol. The van der Waals surface area contributed by atoms with Crippen molar-refractivity contribution in [2.75, 3.05) is 0 Å². The minimum atomic E-state index is -0.819. The van der Waals surface area contributed by atoms with Crippen molar-refractivity contribution in [1.82, 2.24) is 5.32 Å². The maximum absolute atomic E-state index is 12.0. The largest absolute Gasteiger partial charge is 0.481 e. The maximum Gasteiger partial charge on any atom is 0.305 e. The van der Waals surface area contributed by atoms with Gasteiger partial charge in [0.05, 0.1) is 12.0 Å². The zero-order valence-corrected chi connectivity index (χ0v) is 11.5. The molecule has 0 saturated heterocycles. The zero-order chi connectivity index (χ0) is 13.6. The van der Waals surface area contributed by atoms with Crippen LogP contribution in [0.4, 0.5) is 0 Å². The molecule has 1 aliphatic carbocycles. The molecular formula is C14H25NO3. The summed E-state index contributed by atoms with van der Waals surface area (Å²) in [5.74, 6) is -0.455. The second kappa shape index (κ2) is 6.76. The number of rotatable bonds is 6. The van der Waals surface area contributed by atoms with Crippen molar-refractivity contribution in [1.29, 1.82) is 0 Å². The SMILES string of the molecule is CCC(C)CC(=O)NC1(CC(=O)O)CCCCC1. The molecule has 4 nitrogen and oxygen atoms in total. The molecular weight excluding hydrogens is 230 g/mol. The highest BCUT2D eigenvalue weighted by Crippen LogP contribution is 2.31. The summed E-state index contributed by atoms with van der Waals surface area (Å²) in [6.45, 7) is 4.11. The van der Waals surface area contributed by atoms with Crippen LogP contribution in [0.3, 0.4) is 0 Å². The fraction of sp³-hybridized carbons (Fsp3) is 0.857. The van der Waals surface area contributed by atoms with Crippen molar-refractivity contribution in [2.24, 2.45) is 5.92 Å². The third-order valence-electron chi connectivity index (χ3n) is 3.94. The lowest BCUT2D eigenvalue weighted by Gasteiger charge is -2.37. The van der Waals surface area contributed by atoms with Gasteiger partial charge in [-0.2, -0.15) is 0 Å². The van der Waals surface area contributed by atoms with Crippen LogP contribution in [0.1, 0.15) is 65.2 Å². The van der Waals surface area contributed by atoms with Gasteiger partial charge in [0.25, 0.3) is 0 Å². The fourth-order valence-corrected chi connectivity index (χ4v) is 2.67. The molecule has 1 rings (SSSR count). The minimum Gasteiger partial charge on any atom is -0.481 e. The van der Waals surface area contributed by atoms with E-state index < -0.39 is 11.5 Å². The predicted molar refractivity (Wildman–Crippen MR) is 70.3 cm³/mol. The summed E-state index contributed by atoms with van der Waals surface area (Å²) in [7, 11) is 0. The van der Waals surface area contributed by atoms with Crippen LogP contribution in [0.25, 0.3) is 0 Å². The number of carboxylic acid groups (broad SMARTS) is 1. The average Bonchev–Trinajstić information content (AvgIpc) is 2.28. The van der Waals surface area contributed by atoms with Crippen LogP contribution in [0.15, 0.2) is 0 Å². The highest BCUT2D eigenvalue weighted by molar-refractivity contribution is 5.78. The molecule has 1 fully saturated rings. The van der Waals surface area contributed by atoms with Gasteiger partial charge in [0, 0.05) is 6.42 Å². The summed E-state index contributed by atoms with van der Waals surface area (Å²) in [6.07, 6.45) is 6.28. The van der Waals surface area contributed by atoms with Crippen molar-refractivity contribution in [2.45, 2.75) is 70.8 Å². The molecule has 0 spiro atoms. The van der Waals surface area contributed by atoms with Crippen LogP contribution in [0, 0.1) is 5.92 Å². The van der Waals surface area contributed by atoms with Crippen molar-refractivity contribution in [3.63, 3.8) is 0 Å². The number of carbonyl (C=O) groups excluding carboxylic acids is 1. The van der Waals surface area contributed by atoms with E-state index >= 15 is 0 Å². The molecule has 0 aromatic rings. The van der Waals surface area contributed by atoms with Crippen LogP contribution in [0.2, 0.25) is 0 Å². The molecule has 1 atom stereocenters. The van der Waals surface area contributed by atoms with E-state index in [0.717, 1.165) is 38.5 Å². The summed E-state index contributed by atoms with van der Waals surface area (Å²) in [6, 6.07) is 0. The molecule has 0 heterocycles. The molecule has 1 amide bonds. The number of amides is 1. The molecule has 0 bridgehead atoms. The van der Waals surface area contributed by atoms with Gasteiger partial charge in [-0.15, -0.1) is 0 Å². The third kappa shape index (κ3) is 4.67. The predicted octanol–water partition coefficient (Wildman–Crippen LogP) is 2.72. The lowest BCUT2D eigenvalue weighted by molar-refractivity contribution is -0.139. The van der Waals surface area contributed by atoms with Crippen LogP contribution in [0.5, 0.6) is 0 Å². The number of nitrogens with one attached hydrogen (secondary N) is 1. The van der Waals surface area contributed by atoms with E-state index in [1.807, 2.05) is 6.92 Å². The molecule has 1 aliphatic rings. The van der Waals surface area contributed by atoms with E-state index in [1.165, 1.54) is 0 Å². The van der Waals surface area contributed by atoms with Gasteiger partial charge < -0.3 is 10.4 Å². The van der Waals surface area contributed by atoms with Gasteiger partial charge in [0.15, 0.2) is 0 Å². The molecule has 0 radical (unpaired) electrons. The van der Waals surface area contributed by atoms with Gasteiger partial charge >= 0.3 is 5.97 Å². The molecule has 0 aliphatic heterocycles. The molecule has 2 N–H and O–H groups in total. The van der Waals surface area contributed by atoms with Gasteiger partial charge in [0.1, 0.15) is 0 Å². The normalized spacial score (nSPS) is 20.1. The first kappa shape index (κ1) is 15.0. The quantitative estimate of drug-likeness (QED) is 0.767. The summed E-state index contributed by atoms with van der Waals surface area (Å²) in [5.41, 5.74) is -0.491. The summed E-state index contributed by atoms with van der Waals surface area (Å²) in [5, 5.41) is 12.0. The molecule has 4 heteroatoms. The van der Waals surface area contributed by atoms with E-state index in [9.17, 15) is 9.59 Å². The molecule has 0 aromatic heterocycles. The van der Waals surface area contributed by atoms with Crippen molar-refractivity contribution < 1.29 is 14.7 Å². The standard InChI is InChI=1S/C14H25NO3/c1-3-11(2)9-12(16)15-14(10-13(17)18)7-5-4-6-8-14/h11H,3-10H2,1-2H3,(H,15,16)(H,17,18). The Morgan fingerprint density at radius 1 is 1.28 bits per heavy atom. The van der Waals surface area contributed by atoms with Crippen LogP contribution in [-0.2, 0) is 9.59 Å². The average molecular weight is 255 g/mol. The Morgan fingerprint density at radius 3 is 2.39 bits per heavy atom. The first-order valence-electron chi connectivity index (χ1n) is 7.00. The van der Waals surface area contributed by atoms with Crippen molar-refractivity contribution in [3.8, 4) is 0 Å². The summed E-state index contributed by atoms with van der Waals surface area (Å²) < 4.78 is 0. The Balaban J connectivity index is 2.60. The maximum atomic E-state index is 12.0. The summed E-state index contributed by atoms with van der Waals surface area (Å²) >= 11 is 0. The number of carboxylic acids is 1. The topological polar surface area (TPSA) is 66.4 Å². The van der Waals surface area contributed by atoms with Gasteiger partial charge in [-0.3, -0.25) is 9.59 Å². The fourth-order valence-electron chi connectivity index (χ4n) is 2.67. The number of aliphatic carboxylic acids is 1. The second-order valence-electron chi connectivity index (χ2n) is 5.68. The first-order valence-corrected chi connectivity index (χ1v) is 7.00. The van der Waals surface area contributed by atoms with Gasteiger partial charge in [-0.1, -0.05) is 39.5 Å². The highest BCUT2D eigenvalue weighted by atomic mass is 16.4. The van der Waals surface area contributed by atoms with Crippen molar-refractivity contribution >= 4 is 11.9 Å². The van der Waals surface area contributed by atoms with Gasteiger partial charge in [-0.05, 0) is 18.8 Å². The zero-order valence-electron chi connectivity index (χ0n) is 11.5. The van der Waals surface area contributed by atoms with E-state index in [-0.39, 0.29) is 12.3 Å². The van der Waals surface area contributed by atoms with E-state index in [4.69, 9.17) is 5.11 Å². The van der Waals surface area contributed by atoms with Gasteiger partial charge in [0.2, 0.25) is 5.91 Å². The van der Waals surface area contributed by atoms with Gasteiger partial charge in [-0.25, -0.2) is 0 Å². The molecule has 1 unspecified atom stereocenters. The number of hydrogen-bond donors (Lipinski definition) is 2. The van der Waals surface area contributed by atoms with E-state index in [1.54, 1.807) is 0 Å². The molecule has 0 aromatic carbocycles. The number of hydrogen-bond acceptors (Lipinski definition) is 2. The number of carbonyl (C=O) groups is 2. The van der Waals surface area contributed by atoms with Crippen molar-refractivity contribution in [3.05, 3.63) is 0 Å². The van der Waals surface area contributed by atoms with Crippen LogP contribution < -0.4 is 5.32 Å². The molecule has 1 saturated carbocycles. The van der Waals surface area contributed by atoms with Crippen LogP contribution in [-0.4, -0.2) is 22.5 Å². The van der Waals surface area contributed by atoms with E-state index in [2.05, 4.69) is 12.2 Å². The molecule has 104 valence electrons. The molecule has 18 heavy (non-hydrogen) atoms.